The van der Waals surface area contributed by atoms with Gasteiger partial charge >= 0.3 is 0 Å². The van der Waals surface area contributed by atoms with Gasteiger partial charge in [-0.25, -0.2) is 8.78 Å². The van der Waals surface area contributed by atoms with Gasteiger partial charge in [-0.15, -0.1) is 0 Å². The highest BCUT2D eigenvalue weighted by atomic mass is 19.3. The van der Waals surface area contributed by atoms with Crippen molar-refractivity contribution < 1.29 is 13.5 Å². The molecule has 1 N–H and O–H groups in total. The summed E-state index contributed by atoms with van der Waals surface area (Å²) in [6.45, 7) is 8.12. The molecule has 1 spiro atoms. The second-order valence-electron chi connectivity index (χ2n) is 6.61. The summed E-state index contributed by atoms with van der Waals surface area (Å²) in [4.78, 5) is 0. The van der Waals surface area contributed by atoms with Crippen LogP contribution in [-0.4, -0.2) is 24.8 Å². The third-order valence-electron chi connectivity index (χ3n) is 4.25. The lowest BCUT2D eigenvalue weighted by molar-refractivity contribution is -0.181. The Morgan fingerprint density at radius 2 is 1.71 bits per heavy atom. The smallest absolute Gasteiger partial charge is 0.248 e. The summed E-state index contributed by atoms with van der Waals surface area (Å²) >= 11 is 0. The number of nitrogens with one attached hydrogen (secondary N) is 1. The highest BCUT2D eigenvalue weighted by Crippen LogP contribution is 2.41. The average molecular weight is 247 g/mol. The van der Waals surface area contributed by atoms with Gasteiger partial charge in [0.2, 0.25) is 5.92 Å². The Labute approximate surface area is 102 Å². The van der Waals surface area contributed by atoms with Crippen molar-refractivity contribution in [2.45, 2.75) is 58.1 Å². The highest BCUT2D eigenvalue weighted by molar-refractivity contribution is 4.93. The second kappa shape index (κ2) is 4.16. The van der Waals surface area contributed by atoms with Crippen LogP contribution in [0.2, 0.25) is 0 Å². The van der Waals surface area contributed by atoms with Crippen LogP contribution in [0.15, 0.2) is 0 Å². The van der Waals surface area contributed by atoms with Crippen molar-refractivity contribution in [3.63, 3.8) is 0 Å². The first kappa shape index (κ1) is 13.2. The van der Waals surface area contributed by atoms with Crippen LogP contribution in [0.1, 0.15) is 46.5 Å². The van der Waals surface area contributed by atoms with Gasteiger partial charge in [0.15, 0.2) is 0 Å². The number of halogens is 2. The van der Waals surface area contributed by atoms with Crippen molar-refractivity contribution in [2.24, 2.45) is 11.3 Å². The first-order chi connectivity index (χ1) is 7.73. The van der Waals surface area contributed by atoms with E-state index in [2.05, 4.69) is 26.1 Å². The molecule has 0 amide bonds. The van der Waals surface area contributed by atoms with Crippen LogP contribution in [0.4, 0.5) is 8.78 Å². The summed E-state index contributed by atoms with van der Waals surface area (Å²) < 4.78 is 32.1. The maximum Gasteiger partial charge on any atom is 0.248 e. The molecule has 2 rings (SSSR count). The quantitative estimate of drug-likeness (QED) is 0.710. The van der Waals surface area contributed by atoms with E-state index in [1.165, 1.54) is 0 Å². The minimum absolute atomic E-state index is 0.0554. The van der Waals surface area contributed by atoms with Crippen LogP contribution >= 0.6 is 0 Å². The zero-order valence-corrected chi connectivity index (χ0v) is 11.0. The Morgan fingerprint density at radius 1 is 1.12 bits per heavy atom. The van der Waals surface area contributed by atoms with Gasteiger partial charge in [0.05, 0.1) is 6.61 Å². The van der Waals surface area contributed by atoms with Gasteiger partial charge in [0, 0.05) is 19.4 Å². The van der Waals surface area contributed by atoms with Crippen LogP contribution in [0, 0.1) is 11.3 Å². The van der Waals surface area contributed by atoms with Crippen molar-refractivity contribution in [3.8, 4) is 0 Å². The van der Waals surface area contributed by atoms with Crippen LogP contribution in [-0.2, 0) is 4.74 Å². The maximum absolute atomic E-state index is 13.1. The largest absolute Gasteiger partial charge is 0.360 e. The summed E-state index contributed by atoms with van der Waals surface area (Å²) in [7, 11) is 0. The molecule has 1 unspecified atom stereocenters. The van der Waals surface area contributed by atoms with E-state index in [9.17, 15) is 8.78 Å². The van der Waals surface area contributed by atoms with Gasteiger partial charge in [0.25, 0.3) is 0 Å². The van der Waals surface area contributed by atoms with E-state index in [0.29, 0.717) is 25.4 Å². The number of ether oxygens (including phenoxy) is 1. The summed E-state index contributed by atoms with van der Waals surface area (Å²) in [6, 6.07) is 0. The molecule has 1 heterocycles. The maximum atomic E-state index is 13.1. The second-order valence-corrected chi connectivity index (χ2v) is 6.61. The molecule has 2 aliphatic rings. The van der Waals surface area contributed by atoms with E-state index >= 15 is 0 Å². The molecule has 1 atom stereocenters. The van der Waals surface area contributed by atoms with Crippen molar-refractivity contribution >= 4 is 0 Å². The van der Waals surface area contributed by atoms with Gasteiger partial charge in [-0.3, -0.25) is 5.32 Å². The summed E-state index contributed by atoms with van der Waals surface area (Å²) in [5.74, 6) is -2.03. The molecular formula is C13H23F2NO. The molecule has 0 radical (unpaired) electrons. The van der Waals surface area contributed by atoms with E-state index in [1.807, 2.05) is 0 Å². The first-order valence-electron chi connectivity index (χ1n) is 6.49. The molecule has 0 bridgehead atoms. The Bertz CT molecular complexity index is 266. The number of alkyl halides is 2. The fourth-order valence-corrected chi connectivity index (χ4v) is 2.58. The van der Waals surface area contributed by atoms with Crippen molar-refractivity contribution in [1.29, 1.82) is 0 Å². The van der Waals surface area contributed by atoms with E-state index in [1.54, 1.807) is 0 Å². The minimum atomic E-state index is -2.49. The summed E-state index contributed by atoms with van der Waals surface area (Å²) in [5, 5.41) is 3.37. The number of hydrogen-bond donors (Lipinski definition) is 1. The standard InChI is InChI=1S/C13H23F2NO/c1-11(2,3)10-8-16-13(17-9-10)6-4-12(14,15)5-7-13/h10,16H,4-9H2,1-3H3. The third kappa shape index (κ3) is 2.97. The molecule has 0 aromatic rings. The molecule has 2 nitrogen and oxygen atoms in total. The molecular weight excluding hydrogens is 224 g/mol. The van der Waals surface area contributed by atoms with Gasteiger partial charge in [-0.1, -0.05) is 20.8 Å². The van der Waals surface area contributed by atoms with Gasteiger partial charge in [-0.05, 0) is 24.2 Å². The minimum Gasteiger partial charge on any atom is -0.360 e. The molecule has 1 saturated heterocycles. The lowest BCUT2D eigenvalue weighted by Gasteiger charge is -2.47. The molecule has 2 fully saturated rings. The van der Waals surface area contributed by atoms with Crippen LogP contribution < -0.4 is 5.32 Å². The van der Waals surface area contributed by atoms with Crippen molar-refractivity contribution in [1.82, 2.24) is 5.32 Å². The molecule has 1 aliphatic heterocycles. The summed E-state index contributed by atoms with van der Waals surface area (Å²) in [5.41, 5.74) is -0.267. The van der Waals surface area contributed by atoms with E-state index in [0.717, 1.165) is 6.54 Å². The molecule has 0 aromatic carbocycles. The fraction of sp³-hybridized carbons (Fsp3) is 1.00. The van der Waals surface area contributed by atoms with E-state index in [-0.39, 0.29) is 18.3 Å². The molecule has 17 heavy (non-hydrogen) atoms. The normalized spacial score (nSPS) is 32.6. The van der Waals surface area contributed by atoms with Gasteiger partial charge in [0.1, 0.15) is 5.72 Å². The predicted molar refractivity (Wildman–Crippen MR) is 63.0 cm³/mol. The SMILES string of the molecule is CC(C)(C)C1CNC2(CCC(F)(F)CC2)OC1. The zero-order chi connectivity index (χ0) is 12.7. The molecule has 100 valence electrons. The highest BCUT2D eigenvalue weighted by Gasteiger charge is 2.46. The molecule has 0 aromatic heterocycles. The first-order valence-corrected chi connectivity index (χ1v) is 6.49. The van der Waals surface area contributed by atoms with E-state index < -0.39 is 11.6 Å². The van der Waals surface area contributed by atoms with Crippen LogP contribution in [0.5, 0.6) is 0 Å². The number of hydrogen-bond acceptors (Lipinski definition) is 2. The summed E-state index contributed by atoms with van der Waals surface area (Å²) in [6.07, 6.45) is 0.744. The lowest BCUT2D eigenvalue weighted by atomic mass is 9.79. The van der Waals surface area contributed by atoms with Crippen LogP contribution in [0.25, 0.3) is 0 Å². The Hall–Kier alpha value is -0.220. The molecule has 1 saturated carbocycles. The molecule has 1 aliphatic carbocycles. The zero-order valence-electron chi connectivity index (χ0n) is 11.0. The third-order valence-corrected chi connectivity index (χ3v) is 4.25. The van der Waals surface area contributed by atoms with Gasteiger partial charge < -0.3 is 4.74 Å². The topological polar surface area (TPSA) is 21.3 Å². The predicted octanol–water partition coefficient (Wildman–Crippen LogP) is 3.17. The Morgan fingerprint density at radius 3 is 2.12 bits per heavy atom. The van der Waals surface area contributed by atoms with Crippen molar-refractivity contribution in [3.05, 3.63) is 0 Å². The Balaban J connectivity index is 1.91. The number of rotatable bonds is 0. The monoisotopic (exact) mass is 247 g/mol. The fourth-order valence-electron chi connectivity index (χ4n) is 2.58. The van der Waals surface area contributed by atoms with Crippen molar-refractivity contribution in [2.75, 3.05) is 13.2 Å². The van der Waals surface area contributed by atoms with Gasteiger partial charge in [-0.2, -0.15) is 0 Å². The molecule has 4 heteroatoms. The lowest BCUT2D eigenvalue weighted by Crippen LogP contribution is -2.59. The Kier molecular flexibility index (Phi) is 3.24. The average Bonchev–Trinajstić information content (AvgIpc) is 2.23. The van der Waals surface area contributed by atoms with Crippen LogP contribution in [0.3, 0.4) is 0 Å². The van der Waals surface area contributed by atoms with E-state index in [4.69, 9.17) is 4.74 Å².